The number of aliphatic hydroxyl groups excluding tert-OH is 1. The summed E-state index contributed by atoms with van der Waals surface area (Å²) in [6.07, 6.45) is 0. The first kappa shape index (κ1) is 16.1. The van der Waals surface area contributed by atoms with Crippen molar-refractivity contribution in [3.8, 4) is 0 Å². The molecule has 2 N–H and O–H groups in total. The Morgan fingerprint density at radius 3 is 2.55 bits per heavy atom. The van der Waals surface area contributed by atoms with Crippen LogP contribution in [-0.2, 0) is 19.6 Å². The lowest BCUT2D eigenvalue weighted by Crippen LogP contribution is -2.14. The van der Waals surface area contributed by atoms with Gasteiger partial charge in [0.05, 0.1) is 23.8 Å². The van der Waals surface area contributed by atoms with Gasteiger partial charge in [-0.1, -0.05) is 12.1 Å². The van der Waals surface area contributed by atoms with Gasteiger partial charge < -0.3 is 10.4 Å². The second-order valence-corrected chi connectivity index (χ2v) is 5.12. The summed E-state index contributed by atoms with van der Waals surface area (Å²) in [5.74, 6) is 0. The maximum atomic E-state index is 10.6. The molecule has 7 heteroatoms. The number of nitrogens with one attached hydrogen (secondary N) is 1. The van der Waals surface area contributed by atoms with E-state index in [9.17, 15) is 10.1 Å². The fourth-order valence-electron chi connectivity index (χ4n) is 2.37. The molecule has 0 aliphatic rings. The Morgan fingerprint density at radius 1 is 1.27 bits per heavy atom. The normalized spacial score (nSPS) is 10.9. The number of hydrogen-bond acceptors (Lipinski definition) is 5. The molecule has 0 aliphatic heterocycles. The molecule has 2 aromatic rings. The highest BCUT2D eigenvalue weighted by Crippen LogP contribution is 2.14. The smallest absolute Gasteiger partial charge is 0.269 e. The van der Waals surface area contributed by atoms with E-state index in [0.29, 0.717) is 19.6 Å². The molecule has 0 unspecified atom stereocenters. The third-order valence-corrected chi connectivity index (χ3v) is 3.62. The molecule has 0 bridgehead atoms. The van der Waals surface area contributed by atoms with Crippen molar-refractivity contribution in [2.24, 2.45) is 0 Å². The molecule has 0 fully saturated rings. The second kappa shape index (κ2) is 7.15. The average molecular weight is 304 g/mol. The van der Waals surface area contributed by atoms with Crippen LogP contribution >= 0.6 is 0 Å². The van der Waals surface area contributed by atoms with Crippen molar-refractivity contribution in [1.29, 1.82) is 0 Å². The summed E-state index contributed by atoms with van der Waals surface area (Å²) in [7, 11) is 0. The van der Waals surface area contributed by atoms with Crippen LogP contribution in [0.2, 0.25) is 0 Å². The Balaban J connectivity index is 1.95. The number of hydrogen-bond donors (Lipinski definition) is 2. The molecule has 0 amide bonds. The zero-order valence-corrected chi connectivity index (χ0v) is 12.7. The van der Waals surface area contributed by atoms with Crippen LogP contribution in [0.15, 0.2) is 24.3 Å². The third-order valence-electron chi connectivity index (χ3n) is 3.62. The minimum absolute atomic E-state index is 0.0671. The van der Waals surface area contributed by atoms with E-state index in [0.717, 1.165) is 22.5 Å². The van der Waals surface area contributed by atoms with E-state index in [1.165, 1.54) is 12.1 Å². The number of rotatable bonds is 7. The molecular formula is C15H20N4O3. The highest BCUT2D eigenvalue weighted by Gasteiger charge is 2.10. The molecule has 0 saturated carbocycles. The lowest BCUT2D eigenvalue weighted by molar-refractivity contribution is -0.384. The molecule has 0 saturated heterocycles. The lowest BCUT2D eigenvalue weighted by atomic mass is 10.1. The van der Waals surface area contributed by atoms with E-state index in [-0.39, 0.29) is 12.3 Å². The van der Waals surface area contributed by atoms with Crippen molar-refractivity contribution in [1.82, 2.24) is 15.1 Å². The van der Waals surface area contributed by atoms with Crippen molar-refractivity contribution < 1.29 is 10.0 Å². The van der Waals surface area contributed by atoms with E-state index in [1.54, 1.807) is 16.8 Å². The quantitative estimate of drug-likeness (QED) is 0.600. The number of benzene rings is 1. The van der Waals surface area contributed by atoms with Crippen LogP contribution in [0, 0.1) is 24.0 Å². The minimum atomic E-state index is -0.403. The van der Waals surface area contributed by atoms with Gasteiger partial charge >= 0.3 is 0 Å². The van der Waals surface area contributed by atoms with Crippen LogP contribution in [0.5, 0.6) is 0 Å². The first-order valence-corrected chi connectivity index (χ1v) is 7.10. The number of non-ortho nitro benzene ring substituents is 1. The van der Waals surface area contributed by atoms with E-state index < -0.39 is 4.92 Å². The van der Waals surface area contributed by atoms with E-state index in [2.05, 4.69) is 10.4 Å². The van der Waals surface area contributed by atoms with E-state index in [4.69, 9.17) is 5.11 Å². The first-order valence-electron chi connectivity index (χ1n) is 7.10. The van der Waals surface area contributed by atoms with Crippen molar-refractivity contribution in [2.45, 2.75) is 33.5 Å². The van der Waals surface area contributed by atoms with Crippen molar-refractivity contribution in [3.05, 3.63) is 56.9 Å². The molecule has 0 aliphatic carbocycles. The summed E-state index contributed by atoms with van der Waals surface area (Å²) < 4.78 is 1.80. The van der Waals surface area contributed by atoms with E-state index in [1.807, 2.05) is 13.8 Å². The summed E-state index contributed by atoms with van der Waals surface area (Å²) in [6, 6.07) is 6.51. The van der Waals surface area contributed by atoms with Gasteiger partial charge in [-0.3, -0.25) is 14.8 Å². The number of aliphatic hydroxyl groups is 1. The maximum Gasteiger partial charge on any atom is 0.269 e. The van der Waals surface area contributed by atoms with Crippen LogP contribution in [0.25, 0.3) is 0 Å². The highest BCUT2D eigenvalue weighted by molar-refractivity contribution is 5.33. The summed E-state index contributed by atoms with van der Waals surface area (Å²) in [5.41, 5.74) is 4.20. The predicted molar refractivity (Wildman–Crippen MR) is 82.4 cm³/mol. The average Bonchev–Trinajstić information content (AvgIpc) is 2.75. The zero-order chi connectivity index (χ0) is 16.1. The lowest BCUT2D eigenvalue weighted by Gasteiger charge is -2.06. The van der Waals surface area contributed by atoms with Gasteiger partial charge in [0.15, 0.2) is 0 Å². The van der Waals surface area contributed by atoms with Gasteiger partial charge in [-0.2, -0.15) is 5.10 Å². The fourth-order valence-corrected chi connectivity index (χ4v) is 2.37. The molecule has 0 spiro atoms. The molecule has 1 heterocycles. The maximum absolute atomic E-state index is 10.6. The fraction of sp³-hybridized carbons (Fsp3) is 0.400. The number of nitro groups is 1. The van der Waals surface area contributed by atoms with Gasteiger partial charge in [-0.05, 0) is 19.4 Å². The van der Waals surface area contributed by atoms with Gasteiger partial charge in [0.1, 0.15) is 0 Å². The van der Waals surface area contributed by atoms with Crippen LogP contribution in [0.3, 0.4) is 0 Å². The molecular weight excluding hydrogens is 284 g/mol. The molecule has 1 aromatic heterocycles. The Morgan fingerprint density at radius 2 is 1.95 bits per heavy atom. The summed E-state index contributed by atoms with van der Waals surface area (Å²) in [5, 5.41) is 27.3. The molecule has 0 radical (unpaired) electrons. The SMILES string of the molecule is Cc1nn(CCO)c(C)c1CNCc1ccc([N+](=O)[O-])cc1. The standard InChI is InChI=1S/C15H20N4O3/c1-11-15(12(2)18(17-11)7-8-20)10-16-9-13-3-5-14(6-4-13)19(21)22/h3-6,16,20H,7-10H2,1-2H3. The third kappa shape index (κ3) is 3.69. The van der Waals surface area contributed by atoms with Crippen LogP contribution in [0.4, 0.5) is 5.69 Å². The highest BCUT2D eigenvalue weighted by atomic mass is 16.6. The number of nitro benzene ring substituents is 1. The van der Waals surface area contributed by atoms with Gasteiger partial charge in [0, 0.05) is 36.5 Å². The molecule has 0 atom stereocenters. The number of nitrogens with zero attached hydrogens (tertiary/aromatic N) is 3. The van der Waals surface area contributed by atoms with Gasteiger partial charge in [-0.25, -0.2) is 0 Å². The van der Waals surface area contributed by atoms with Crippen molar-refractivity contribution >= 4 is 5.69 Å². The van der Waals surface area contributed by atoms with Gasteiger partial charge in [0.2, 0.25) is 0 Å². The second-order valence-electron chi connectivity index (χ2n) is 5.12. The van der Waals surface area contributed by atoms with Gasteiger partial charge in [0.25, 0.3) is 5.69 Å². The molecule has 22 heavy (non-hydrogen) atoms. The Bertz CT molecular complexity index is 650. The number of aromatic nitrogens is 2. The van der Waals surface area contributed by atoms with Crippen LogP contribution in [-0.4, -0.2) is 26.4 Å². The van der Waals surface area contributed by atoms with Gasteiger partial charge in [-0.15, -0.1) is 0 Å². The molecule has 118 valence electrons. The largest absolute Gasteiger partial charge is 0.394 e. The monoisotopic (exact) mass is 304 g/mol. The Hall–Kier alpha value is -2.25. The summed E-state index contributed by atoms with van der Waals surface area (Å²) >= 11 is 0. The predicted octanol–water partition coefficient (Wildman–Crippen LogP) is 1.69. The van der Waals surface area contributed by atoms with Crippen LogP contribution < -0.4 is 5.32 Å². The molecule has 1 aromatic carbocycles. The van der Waals surface area contributed by atoms with Crippen molar-refractivity contribution in [2.75, 3.05) is 6.61 Å². The van der Waals surface area contributed by atoms with E-state index >= 15 is 0 Å². The first-order chi connectivity index (χ1) is 10.5. The van der Waals surface area contributed by atoms with Crippen molar-refractivity contribution in [3.63, 3.8) is 0 Å². The number of aryl methyl sites for hydroxylation is 1. The van der Waals surface area contributed by atoms with Crippen LogP contribution in [0.1, 0.15) is 22.5 Å². The topological polar surface area (TPSA) is 93.2 Å². The summed E-state index contributed by atoms with van der Waals surface area (Å²) in [6.45, 7) is 5.79. The molecule has 7 nitrogen and oxygen atoms in total. The Kier molecular flexibility index (Phi) is 5.24. The molecule has 2 rings (SSSR count). The zero-order valence-electron chi connectivity index (χ0n) is 12.7. The minimum Gasteiger partial charge on any atom is -0.394 e. The Labute approximate surface area is 128 Å². The summed E-state index contributed by atoms with van der Waals surface area (Å²) in [4.78, 5) is 10.2.